The highest BCUT2D eigenvalue weighted by Gasteiger charge is 2.00. The summed E-state index contributed by atoms with van der Waals surface area (Å²) in [5.41, 5.74) is 3.48. The van der Waals surface area contributed by atoms with Crippen LogP contribution in [0.5, 0.6) is 23.0 Å². The molecule has 130 valence electrons. The maximum absolute atomic E-state index is 9.65. The van der Waals surface area contributed by atoms with Gasteiger partial charge in [-0.3, -0.25) is 5.43 Å². The maximum atomic E-state index is 9.65. The van der Waals surface area contributed by atoms with E-state index in [0.29, 0.717) is 16.3 Å². The molecule has 2 aromatic carbocycles. The SMILES string of the molecule is CS/C(=N\N=C/c1ccc(O)cc1O)N/N=C\c1ccc(O)cc1O. The minimum Gasteiger partial charge on any atom is -0.508 e. The topological polar surface area (TPSA) is 130 Å². The molecule has 5 N–H and O–H groups in total. The number of phenolic OH excluding ortho intramolecular Hbond substituents is 4. The summed E-state index contributed by atoms with van der Waals surface area (Å²) in [5, 5.41) is 49.8. The number of rotatable bonds is 4. The number of benzene rings is 2. The van der Waals surface area contributed by atoms with Gasteiger partial charge in [-0.05, 0) is 30.5 Å². The lowest BCUT2D eigenvalue weighted by molar-refractivity contribution is 0.449. The van der Waals surface area contributed by atoms with E-state index in [1.807, 2.05) is 0 Å². The summed E-state index contributed by atoms with van der Waals surface area (Å²) in [6.45, 7) is 0. The summed E-state index contributed by atoms with van der Waals surface area (Å²) >= 11 is 1.26. The van der Waals surface area contributed by atoms with E-state index in [2.05, 4.69) is 20.7 Å². The van der Waals surface area contributed by atoms with E-state index in [9.17, 15) is 20.4 Å². The number of phenols is 4. The molecule has 0 saturated carbocycles. The van der Waals surface area contributed by atoms with Gasteiger partial charge in [-0.2, -0.15) is 10.2 Å². The summed E-state index contributed by atoms with van der Waals surface area (Å²) in [4.78, 5) is 0. The Bertz CT molecular complexity index is 837. The van der Waals surface area contributed by atoms with Gasteiger partial charge in [0.2, 0.25) is 5.17 Å². The van der Waals surface area contributed by atoms with Crippen molar-refractivity contribution in [3.05, 3.63) is 47.5 Å². The zero-order valence-corrected chi connectivity index (χ0v) is 14.0. The van der Waals surface area contributed by atoms with Crippen molar-refractivity contribution in [2.24, 2.45) is 15.3 Å². The number of nitrogens with zero attached hydrogens (tertiary/aromatic N) is 3. The lowest BCUT2D eigenvalue weighted by Crippen LogP contribution is -2.13. The van der Waals surface area contributed by atoms with Crippen LogP contribution >= 0.6 is 11.8 Å². The summed E-state index contributed by atoms with van der Waals surface area (Å²) in [6, 6.07) is 8.28. The first-order valence-electron chi connectivity index (χ1n) is 6.97. The van der Waals surface area contributed by atoms with Crippen LogP contribution in [0.2, 0.25) is 0 Å². The fourth-order valence-electron chi connectivity index (χ4n) is 1.69. The van der Waals surface area contributed by atoms with Gasteiger partial charge in [0.05, 0.1) is 12.4 Å². The Morgan fingerprint density at radius 2 is 1.48 bits per heavy atom. The molecule has 0 amide bonds. The van der Waals surface area contributed by atoms with E-state index < -0.39 is 0 Å². The van der Waals surface area contributed by atoms with Gasteiger partial charge in [0.1, 0.15) is 23.0 Å². The fourth-order valence-corrected chi connectivity index (χ4v) is 1.96. The van der Waals surface area contributed by atoms with E-state index in [4.69, 9.17) is 0 Å². The molecule has 0 aliphatic carbocycles. The van der Waals surface area contributed by atoms with E-state index >= 15 is 0 Å². The molecule has 0 atom stereocenters. The second-order valence-corrected chi connectivity index (χ2v) is 5.51. The zero-order valence-electron chi connectivity index (χ0n) is 13.2. The highest BCUT2D eigenvalue weighted by Crippen LogP contribution is 2.21. The molecular formula is C16H16N4O4S. The van der Waals surface area contributed by atoms with Gasteiger partial charge in [0.25, 0.3) is 0 Å². The van der Waals surface area contributed by atoms with Crippen molar-refractivity contribution in [1.29, 1.82) is 0 Å². The van der Waals surface area contributed by atoms with Crippen LogP contribution in [0.3, 0.4) is 0 Å². The smallest absolute Gasteiger partial charge is 0.203 e. The minimum absolute atomic E-state index is 0.0409. The van der Waals surface area contributed by atoms with Crippen LogP contribution in [-0.2, 0) is 0 Å². The molecule has 0 fully saturated rings. The van der Waals surface area contributed by atoms with Crippen LogP contribution in [0.4, 0.5) is 0 Å². The van der Waals surface area contributed by atoms with Gasteiger partial charge in [-0.1, -0.05) is 11.8 Å². The largest absolute Gasteiger partial charge is 0.508 e. The quantitative estimate of drug-likeness (QED) is 0.323. The van der Waals surface area contributed by atoms with Gasteiger partial charge in [-0.25, -0.2) is 0 Å². The van der Waals surface area contributed by atoms with Crippen LogP contribution in [0.25, 0.3) is 0 Å². The van der Waals surface area contributed by atoms with Crippen LogP contribution < -0.4 is 5.43 Å². The van der Waals surface area contributed by atoms with Crippen molar-refractivity contribution in [3.63, 3.8) is 0 Å². The Morgan fingerprint density at radius 1 is 0.920 bits per heavy atom. The molecule has 9 heteroatoms. The molecule has 0 saturated heterocycles. The average molecular weight is 360 g/mol. The first-order chi connectivity index (χ1) is 12.0. The van der Waals surface area contributed by atoms with Crippen molar-refractivity contribution < 1.29 is 20.4 Å². The number of amidine groups is 1. The van der Waals surface area contributed by atoms with Crippen LogP contribution in [0.1, 0.15) is 11.1 Å². The molecular weight excluding hydrogens is 344 g/mol. The molecule has 2 aromatic rings. The van der Waals surface area contributed by atoms with Crippen molar-refractivity contribution >= 4 is 29.4 Å². The first kappa shape index (κ1) is 18.1. The van der Waals surface area contributed by atoms with E-state index in [1.165, 1.54) is 60.6 Å². The van der Waals surface area contributed by atoms with Crippen LogP contribution in [0.15, 0.2) is 51.7 Å². The Morgan fingerprint density at radius 3 is 2.00 bits per heavy atom. The van der Waals surface area contributed by atoms with Gasteiger partial charge in [0, 0.05) is 23.3 Å². The summed E-state index contributed by atoms with van der Waals surface area (Å²) in [6.07, 6.45) is 4.48. The summed E-state index contributed by atoms with van der Waals surface area (Å²) in [7, 11) is 0. The molecule has 2 rings (SSSR count). The molecule has 25 heavy (non-hydrogen) atoms. The molecule has 0 spiro atoms. The Labute approximate surface area is 147 Å². The van der Waals surface area contributed by atoms with Crippen molar-refractivity contribution in [3.8, 4) is 23.0 Å². The lowest BCUT2D eigenvalue weighted by Gasteiger charge is -2.01. The number of nitrogens with one attached hydrogen (secondary N) is 1. The zero-order chi connectivity index (χ0) is 18.2. The normalized spacial score (nSPS) is 12.1. The third kappa shape index (κ3) is 5.43. The van der Waals surface area contributed by atoms with Crippen LogP contribution in [-0.4, -0.2) is 44.3 Å². The number of hydrogen-bond acceptors (Lipinski definition) is 8. The van der Waals surface area contributed by atoms with E-state index in [0.717, 1.165) is 0 Å². The molecule has 8 nitrogen and oxygen atoms in total. The standard InChI is InChI=1S/C16H16N4O4S/c1-25-16(19-17-8-10-2-4-12(21)6-14(10)23)20-18-9-11-3-5-13(22)7-15(11)24/h2-9,21-24H,1H3,(H,19,20)/b17-8-,18-9-. The Hall–Kier alpha value is -3.20. The van der Waals surface area contributed by atoms with Gasteiger partial charge in [-0.15, -0.1) is 5.10 Å². The molecule has 0 aliphatic rings. The second kappa shape index (κ2) is 8.60. The van der Waals surface area contributed by atoms with Gasteiger partial charge >= 0.3 is 0 Å². The van der Waals surface area contributed by atoms with Crippen molar-refractivity contribution in [2.45, 2.75) is 0 Å². The Kier molecular flexibility index (Phi) is 6.24. The van der Waals surface area contributed by atoms with E-state index in [-0.39, 0.29) is 23.0 Å². The summed E-state index contributed by atoms with van der Waals surface area (Å²) < 4.78 is 0. The third-order valence-corrected chi connectivity index (χ3v) is 3.49. The number of hydrogen-bond donors (Lipinski definition) is 5. The van der Waals surface area contributed by atoms with E-state index in [1.54, 1.807) is 6.26 Å². The van der Waals surface area contributed by atoms with Crippen LogP contribution in [0, 0.1) is 0 Å². The molecule has 0 aliphatic heterocycles. The fraction of sp³-hybridized carbons (Fsp3) is 0.0625. The number of thioether (sulfide) groups is 1. The lowest BCUT2D eigenvalue weighted by atomic mass is 10.2. The highest BCUT2D eigenvalue weighted by molar-refractivity contribution is 8.13. The molecule has 0 aromatic heterocycles. The molecule has 0 unspecified atom stereocenters. The number of aromatic hydroxyl groups is 4. The predicted octanol–water partition coefficient (Wildman–Crippen LogP) is 2.19. The first-order valence-corrected chi connectivity index (χ1v) is 8.20. The maximum Gasteiger partial charge on any atom is 0.203 e. The van der Waals surface area contributed by atoms with Gasteiger partial charge < -0.3 is 20.4 Å². The minimum atomic E-state index is -0.113. The van der Waals surface area contributed by atoms with Crippen molar-refractivity contribution in [2.75, 3.05) is 6.26 Å². The summed E-state index contributed by atoms with van der Waals surface area (Å²) in [5.74, 6) is -0.301. The van der Waals surface area contributed by atoms with Crippen molar-refractivity contribution in [1.82, 2.24) is 5.43 Å². The molecule has 0 heterocycles. The molecule has 0 bridgehead atoms. The molecule has 0 radical (unpaired) electrons. The monoisotopic (exact) mass is 360 g/mol. The average Bonchev–Trinajstić information content (AvgIpc) is 2.57. The predicted molar refractivity (Wildman–Crippen MR) is 98.8 cm³/mol. The van der Waals surface area contributed by atoms with Gasteiger partial charge in [0.15, 0.2) is 0 Å². The highest BCUT2D eigenvalue weighted by atomic mass is 32.2. The second-order valence-electron chi connectivity index (χ2n) is 4.71. The third-order valence-electron chi connectivity index (χ3n) is 2.93. The number of hydrazone groups is 1. The Balaban J connectivity index is 2.02.